The van der Waals surface area contributed by atoms with Crippen molar-refractivity contribution in [2.75, 3.05) is 14.2 Å². The molecule has 7 nitrogen and oxygen atoms in total. The number of ether oxygens (including phenoxy) is 5. The van der Waals surface area contributed by atoms with Crippen molar-refractivity contribution in [1.29, 1.82) is 0 Å². The minimum atomic E-state index is -0.992. The largest absolute Gasteiger partial charge is 0.467 e. The molecule has 1 aliphatic heterocycles. The second kappa shape index (κ2) is 9.01. The van der Waals surface area contributed by atoms with Gasteiger partial charge in [-0.2, -0.15) is 0 Å². The van der Waals surface area contributed by atoms with Crippen LogP contribution in [0.3, 0.4) is 0 Å². The Bertz CT molecular complexity index is 675. The highest BCUT2D eigenvalue weighted by molar-refractivity contribution is 5.86. The first-order valence-electron chi connectivity index (χ1n) is 8.66. The van der Waals surface area contributed by atoms with Crippen molar-refractivity contribution in [2.45, 2.75) is 51.3 Å². The monoisotopic (exact) mass is 378 g/mol. The zero-order valence-electron chi connectivity index (χ0n) is 16.3. The predicted octanol–water partition coefficient (Wildman–Crippen LogP) is 2.90. The number of carbonyl (C=O) groups is 2. The molecule has 0 bridgehead atoms. The van der Waals surface area contributed by atoms with Gasteiger partial charge in [0.05, 0.1) is 25.9 Å². The second-order valence-electron chi connectivity index (χ2n) is 7.02. The molecule has 1 aromatic rings. The van der Waals surface area contributed by atoms with Gasteiger partial charge in [-0.15, -0.1) is 0 Å². The zero-order chi connectivity index (χ0) is 20.0. The zero-order valence-corrected chi connectivity index (χ0v) is 16.3. The third-order valence-corrected chi connectivity index (χ3v) is 3.72. The maximum absolute atomic E-state index is 12.2. The molecule has 27 heavy (non-hydrogen) atoms. The Morgan fingerprint density at radius 3 is 2.33 bits per heavy atom. The summed E-state index contributed by atoms with van der Waals surface area (Å²) in [5.74, 6) is -1.22. The molecular weight excluding hydrogens is 352 g/mol. The quantitative estimate of drug-likeness (QED) is 0.704. The summed E-state index contributed by atoms with van der Waals surface area (Å²) < 4.78 is 27.0. The van der Waals surface area contributed by atoms with Crippen molar-refractivity contribution in [3.05, 3.63) is 47.7 Å². The molecule has 0 unspecified atom stereocenters. The average Bonchev–Trinajstić information content (AvgIpc) is 2.64. The minimum absolute atomic E-state index is 0.0142. The van der Waals surface area contributed by atoms with Gasteiger partial charge < -0.3 is 23.7 Å². The van der Waals surface area contributed by atoms with Gasteiger partial charge in [-0.1, -0.05) is 30.3 Å². The van der Waals surface area contributed by atoms with Crippen molar-refractivity contribution in [1.82, 2.24) is 0 Å². The van der Waals surface area contributed by atoms with Crippen LogP contribution in [0.4, 0.5) is 0 Å². The fourth-order valence-electron chi connectivity index (χ4n) is 2.65. The molecule has 0 aliphatic carbocycles. The SMILES string of the molecule is COC(=O)C1=C[C@@H](OC(C)(C)C)C[C@@H](O[C@@H](C(=O)OC)c2ccccc2)O1. The number of benzene rings is 1. The van der Waals surface area contributed by atoms with E-state index in [9.17, 15) is 9.59 Å². The molecule has 0 N–H and O–H groups in total. The molecule has 1 aromatic carbocycles. The van der Waals surface area contributed by atoms with E-state index >= 15 is 0 Å². The van der Waals surface area contributed by atoms with Gasteiger partial charge in [-0.3, -0.25) is 0 Å². The molecule has 2 rings (SSSR count). The standard InChI is InChI=1S/C20H26O7/c1-20(2,3)27-14-11-15(18(21)23-4)25-16(12-14)26-17(19(22)24-5)13-9-7-6-8-10-13/h6-11,14,16-17H,12H2,1-5H3/t14-,16-,17-/m1/s1. The lowest BCUT2D eigenvalue weighted by atomic mass is 10.1. The van der Waals surface area contributed by atoms with E-state index in [-0.39, 0.29) is 5.76 Å². The maximum atomic E-state index is 12.2. The van der Waals surface area contributed by atoms with Crippen molar-refractivity contribution in [3.8, 4) is 0 Å². The Kier molecular flexibility index (Phi) is 6.98. The topological polar surface area (TPSA) is 80.3 Å². The predicted molar refractivity (Wildman–Crippen MR) is 96.5 cm³/mol. The third-order valence-electron chi connectivity index (χ3n) is 3.72. The van der Waals surface area contributed by atoms with Gasteiger partial charge in [0, 0.05) is 6.42 Å². The highest BCUT2D eigenvalue weighted by Crippen LogP contribution is 2.29. The van der Waals surface area contributed by atoms with Crippen LogP contribution in [0.25, 0.3) is 0 Å². The Hall–Kier alpha value is -2.38. The molecule has 0 amide bonds. The summed E-state index contributed by atoms with van der Waals surface area (Å²) in [6.07, 6.45) is -0.453. The van der Waals surface area contributed by atoms with E-state index in [0.717, 1.165) is 0 Å². The van der Waals surface area contributed by atoms with Crippen LogP contribution in [-0.4, -0.2) is 44.2 Å². The Morgan fingerprint density at radius 1 is 1.11 bits per heavy atom. The lowest BCUT2D eigenvalue weighted by Gasteiger charge is -2.33. The van der Waals surface area contributed by atoms with Crippen LogP contribution in [0, 0.1) is 0 Å². The summed E-state index contributed by atoms with van der Waals surface area (Å²) in [4.78, 5) is 24.2. The molecule has 0 aromatic heterocycles. The van der Waals surface area contributed by atoms with E-state index in [0.29, 0.717) is 12.0 Å². The summed E-state index contributed by atoms with van der Waals surface area (Å²) in [5.41, 5.74) is 0.182. The fraction of sp³-hybridized carbons (Fsp3) is 0.500. The Balaban J connectivity index is 2.23. The van der Waals surface area contributed by atoms with Crippen molar-refractivity contribution < 1.29 is 33.3 Å². The van der Waals surface area contributed by atoms with Gasteiger partial charge >= 0.3 is 11.9 Å². The highest BCUT2D eigenvalue weighted by Gasteiger charge is 2.35. The van der Waals surface area contributed by atoms with Gasteiger partial charge in [0.15, 0.2) is 6.10 Å². The number of methoxy groups -OCH3 is 2. The van der Waals surface area contributed by atoms with Crippen LogP contribution in [-0.2, 0) is 33.3 Å². The fourth-order valence-corrected chi connectivity index (χ4v) is 2.65. The molecule has 3 atom stereocenters. The molecule has 0 saturated carbocycles. The van der Waals surface area contributed by atoms with Gasteiger partial charge in [0.2, 0.25) is 12.0 Å². The van der Waals surface area contributed by atoms with Crippen LogP contribution >= 0.6 is 0 Å². The molecular formula is C20H26O7. The molecule has 7 heteroatoms. The summed E-state index contributed by atoms with van der Waals surface area (Å²) in [5, 5.41) is 0. The molecule has 148 valence electrons. The summed E-state index contributed by atoms with van der Waals surface area (Å²) >= 11 is 0. The first-order chi connectivity index (χ1) is 12.7. The van der Waals surface area contributed by atoms with E-state index in [4.69, 9.17) is 23.7 Å². The van der Waals surface area contributed by atoms with Crippen LogP contribution in [0.5, 0.6) is 0 Å². The van der Waals surface area contributed by atoms with Gasteiger partial charge in [0.1, 0.15) is 0 Å². The molecule has 1 heterocycles. The van der Waals surface area contributed by atoms with Crippen LogP contribution < -0.4 is 0 Å². The van der Waals surface area contributed by atoms with Crippen LogP contribution in [0.15, 0.2) is 42.2 Å². The highest BCUT2D eigenvalue weighted by atomic mass is 16.7. The molecule has 0 spiro atoms. The molecule has 0 saturated heterocycles. The van der Waals surface area contributed by atoms with Gasteiger partial charge in [-0.05, 0) is 32.4 Å². The van der Waals surface area contributed by atoms with Gasteiger partial charge in [-0.25, -0.2) is 9.59 Å². The lowest BCUT2D eigenvalue weighted by Crippen LogP contribution is -2.37. The first-order valence-corrected chi connectivity index (χ1v) is 8.66. The molecule has 0 radical (unpaired) electrons. The molecule has 0 fully saturated rings. The number of hydrogen-bond acceptors (Lipinski definition) is 7. The summed E-state index contributed by atoms with van der Waals surface area (Å²) in [7, 11) is 2.55. The Labute approximate surface area is 159 Å². The van der Waals surface area contributed by atoms with Crippen molar-refractivity contribution >= 4 is 11.9 Å². The second-order valence-corrected chi connectivity index (χ2v) is 7.02. The van der Waals surface area contributed by atoms with Gasteiger partial charge in [0.25, 0.3) is 0 Å². The maximum Gasteiger partial charge on any atom is 0.373 e. The Morgan fingerprint density at radius 2 is 1.78 bits per heavy atom. The first kappa shape index (κ1) is 20.9. The normalized spacial score (nSPS) is 20.9. The number of esters is 2. The van der Waals surface area contributed by atoms with Crippen LogP contribution in [0.1, 0.15) is 38.9 Å². The van der Waals surface area contributed by atoms with Crippen molar-refractivity contribution in [3.63, 3.8) is 0 Å². The van der Waals surface area contributed by atoms with Crippen molar-refractivity contribution in [2.24, 2.45) is 0 Å². The van der Waals surface area contributed by atoms with E-state index in [1.807, 2.05) is 26.8 Å². The smallest absolute Gasteiger partial charge is 0.373 e. The van der Waals surface area contributed by atoms with E-state index < -0.39 is 36.0 Å². The number of hydrogen-bond donors (Lipinski definition) is 0. The lowest BCUT2D eigenvalue weighted by molar-refractivity contribution is -0.203. The van der Waals surface area contributed by atoms with E-state index in [1.165, 1.54) is 14.2 Å². The van der Waals surface area contributed by atoms with E-state index in [1.54, 1.807) is 30.3 Å². The minimum Gasteiger partial charge on any atom is -0.467 e. The third kappa shape index (κ3) is 6.08. The van der Waals surface area contributed by atoms with Crippen LogP contribution in [0.2, 0.25) is 0 Å². The number of carbonyl (C=O) groups excluding carboxylic acids is 2. The average molecular weight is 378 g/mol. The summed E-state index contributed by atoms with van der Waals surface area (Å²) in [6, 6.07) is 8.93. The van der Waals surface area contributed by atoms with E-state index in [2.05, 4.69) is 0 Å². The summed E-state index contributed by atoms with van der Waals surface area (Å²) in [6.45, 7) is 5.72. The number of rotatable bonds is 6. The molecule has 1 aliphatic rings.